The van der Waals surface area contributed by atoms with Crippen LogP contribution in [0, 0.1) is 0 Å². The van der Waals surface area contributed by atoms with E-state index in [2.05, 4.69) is 0 Å². The van der Waals surface area contributed by atoms with Crippen molar-refractivity contribution in [1.82, 2.24) is 0 Å². The largest absolute Gasteiger partial charge is 0.394 e. The molecule has 0 aliphatic rings. The molecule has 0 bridgehead atoms. The van der Waals surface area contributed by atoms with Crippen molar-refractivity contribution in [1.29, 1.82) is 0 Å². The molecule has 0 rings (SSSR count). The van der Waals surface area contributed by atoms with Gasteiger partial charge in [0.25, 0.3) is 0 Å². The smallest absolute Gasteiger partial charge is 0.0784 e. The number of rotatable bonds is 21. The third-order valence-corrected chi connectivity index (χ3v) is 4.60. The predicted molar refractivity (Wildman–Crippen MR) is 143 cm³/mol. The Kier molecular flexibility index (Phi) is 24.9. The van der Waals surface area contributed by atoms with Crippen LogP contribution in [0.4, 0.5) is 0 Å². The van der Waals surface area contributed by atoms with E-state index in [9.17, 15) is 0 Å². The van der Waals surface area contributed by atoms with E-state index >= 15 is 0 Å². The zero-order valence-electron chi connectivity index (χ0n) is 24.9. The molecule has 0 aromatic heterocycles. The van der Waals surface area contributed by atoms with Gasteiger partial charge in [0, 0.05) is 0 Å². The highest BCUT2D eigenvalue weighted by molar-refractivity contribution is 4.57. The van der Waals surface area contributed by atoms with Crippen LogP contribution in [0.3, 0.4) is 0 Å². The first-order valence-electron chi connectivity index (χ1n) is 13.4. The van der Waals surface area contributed by atoms with E-state index in [-0.39, 0.29) is 68.1 Å². The number of aliphatic hydroxyl groups is 2. The van der Waals surface area contributed by atoms with Gasteiger partial charge in [-0.25, -0.2) is 0 Å². The molecule has 0 aliphatic heterocycles. The van der Waals surface area contributed by atoms with Crippen molar-refractivity contribution in [2.75, 3.05) is 46.2 Å². The molecule has 0 saturated carbocycles. The van der Waals surface area contributed by atoms with E-state index in [1.807, 2.05) is 76.2 Å². The third-order valence-electron chi connectivity index (χ3n) is 4.60. The number of hydrogen-bond acceptors (Lipinski definition) is 9. The quantitative estimate of drug-likeness (QED) is 0.232. The maximum absolute atomic E-state index is 8.85. The SMILES string of the molecule is CC(C)OC(C)COC(C)COC(C)CO.CC(C)OC(C)COC(C)COC(C)COC(C)CO. The van der Waals surface area contributed by atoms with Crippen molar-refractivity contribution in [3.8, 4) is 0 Å². The molecular formula is C27H58O9. The number of hydrogen-bond donors (Lipinski definition) is 2. The van der Waals surface area contributed by atoms with E-state index in [1.54, 1.807) is 0 Å². The summed E-state index contributed by atoms with van der Waals surface area (Å²) in [6.45, 7) is 24.2. The lowest BCUT2D eigenvalue weighted by Crippen LogP contribution is -2.28. The summed E-state index contributed by atoms with van der Waals surface area (Å²) < 4.78 is 38.8. The Morgan fingerprint density at radius 1 is 0.361 bits per heavy atom. The Bertz CT molecular complexity index is 465. The lowest BCUT2D eigenvalue weighted by molar-refractivity contribution is -0.0948. The third kappa shape index (κ3) is 26.7. The van der Waals surface area contributed by atoms with Crippen molar-refractivity contribution in [2.45, 2.75) is 131 Å². The number of aliphatic hydroxyl groups excluding tert-OH is 2. The molecule has 36 heavy (non-hydrogen) atoms. The molecule has 0 fully saturated rings. The monoisotopic (exact) mass is 526 g/mol. The van der Waals surface area contributed by atoms with Gasteiger partial charge in [-0.1, -0.05) is 0 Å². The second-order valence-electron chi connectivity index (χ2n) is 10.1. The van der Waals surface area contributed by atoms with E-state index in [1.165, 1.54) is 0 Å². The molecule has 0 saturated heterocycles. The van der Waals surface area contributed by atoms with Crippen molar-refractivity contribution in [3.05, 3.63) is 0 Å². The molecule has 0 aromatic carbocycles. The normalized spacial score (nSPS) is 17.8. The molecule has 0 heterocycles. The van der Waals surface area contributed by atoms with Gasteiger partial charge in [-0.15, -0.1) is 0 Å². The standard InChI is InChI=1S/C15H32O5.C12H26O4/c1-11(2)20-15(6)10-19-14(5)9-18-13(4)8-17-12(3)7-16;1-9(2)16-12(5)8-15-11(4)7-14-10(3)6-13/h11-16H,7-10H2,1-6H3;9-13H,6-8H2,1-5H3. The molecule has 9 heteroatoms. The van der Waals surface area contributed by atoms with Crippen LogP contribution >= 0.6 is 0 Å². The maximum atomic E-state index is 8.85. The summed E-state index contributed by atoms with van der Waals surface area (Å²) in [6.07, 6.45) is 0.364. The number of ether oxygens (including phenoxy) is 7. The molecule has 0 aliphatic carbocycles. The molecule has 220 valence electrons. The van der Waals surface area contributed by atoms with E-state index in [4.69, 9.17) is 43.4 Å². The minimum absolute atomic E-state index is 0.0145. The first-order valence-corrected chi connectivity index (χ1v) is 13.4. The van der Waals surface area contributed by atoms with Gasteiger partial charge < -0.3 is 43.4 Å². The molecule has 2 N–H and O–H groups in total. The average Bonchev–Trinajstić information content (AvgIpc) is 2.81. The molecule has 0 aromatic rings. The van der Waals surface area contributed by atoms with Gasteiger partial charge in [-0.3, -0.25) is 0 Å². The fourth-order valence-electron chi connectivity index (χ4n) is 2.76. The molecule has 7 unspecified atom stereocenters. The van der Waals surface area contributed by atoms with Crippen LogP contribution in [0.25, 0.3) is 0 Å². The van der Waals surface area contributed by atoms with Gasteiger partial charge in [0.15, 0.2) is 0 Å². The van der Waals surface area contributed by atoms with Crippen LogP contribution in [0.1, 0.15) is 76.2 Å². The summed E-state index contributed by atoms with van der Waals surface area (Å²) in [5, 5.41) is 17.6. The first kappa shape index (κ1) is 37.8. The average molecular weight is 527 g/mol. The van der Waals surface area contributed by atoms with Crippen LogP contribution in [0.2, 0.25) is 0 Å². The summed E-state index contributed by atoms with van der Waals surface area (Å²) >= 11 is 0. The van der Waals surface area contributed by atoms with Gasteiger partial charge in [0.2, 0.25) is 0 Å². The van der Waals surface area contributed by atoms with Gasteiger partial charge in [0.1, 0.15) is 0 Å². The molecular weight excluding hydrogens is 468 g/mol. The maximum Gasteiger partial charge on any atom is 0.0784 e. The minimum atomic E-state index is -0.149. The highest BCUT2D eigenvalue weighted by Crippen LogP contribution is 2.04. The van der Waals surface area contributed by atoms with Gasteiger partial charge in [-0.2, -0.15) is 0 Å². The Hall–Kier alpha value is -0.360. The topological polar surface area (TPSA) is 105 Å². The Labute approximate surface area is 221 Å². The van der Waals surface area contributed by atoms with E-state index in [0.717, 1.165) is 0 Å². The Morgan fingerprint density at radius 2 is 0.583 bits per heavy atom. The van der Waals surface area contributed by atoms with Crippen LogP contribution in [-0.4, -0.2) is 111 Å². The van der Waals surface area contributed by atoms with Crippen LogP contribution in [0.15, 0.2) is 0 Å². The zero-order chi connectivity index (χ0) is 28.1. The van der Waals surface area contributed by atoms with Gasteiger partial charge >= 0.3 is 0 Å². The molecule has 9 nitrogen and oxygen atoms in total. The van der Waals surface area contributed by atoms with Gasteiger partial charge in [0.05, 0.1) is 101 Å². The lowest BCUT2D eigenvalue weighted by Gasteiger charge is -2.21. The predicted octanol–water partition coefficient (Wildman–Crippen LogP) is 3.61. The fraction of sp³-hybridized carbons (Fsp3) is 1.00. The van der Waals surface area contributed by atoms with Crippen LogP contribution in [-0.2, 0) is 33.2 Å². The highest BCUT2D eigenvalue weighted by Gasteiger charge is 2.12. The molecule has 0 radical (unpaired) electrons. The van der Waals surface area contributed by atoms with Gasteiger partial charge in [-0.05, 0) is 76.2 Å². The highest BCUT2D eigenvalue weighted by atomic mass is 16.6. The Morgan fingerprint density at radius 3 is 0.806 bits per heavy atom. The van der Waals surface area contributed by atoms with Crippen molar-refractivity contribution in [3.63, 3.8) is 0 Å². The summed E-state index contributed by atoms with van der Waals surface area (Å²) in [4.78, 5) is 0. The second-order valence-corrected chi connectivity index (χ2v) is 10.1. The summed E-state index contributed by atoms with van der Waals surface area (Å²) in [5.74, 6) is 0. The van der Waals surface area contributed by atoms with E-state index < -0.39 is 0 Å². The fourth-order valence-corrected chi connectivity index (χ4v) is 2.76. The summed E-state index contributed by atoms with van der Waals surface area (Å²) in [6, 6.07) is 0. The molecule has 0 spiro atoms. The summed E-state index contributed by atoms with van der Waals surface area (Å²) in [5.41, 5.74) is 0. The van der Waals surface area contributed by atoms with Crippen molar-refractivity contribution in [2.24, 2.45) is 0 Å². The molecule has 7 atom stereocenters. The van der Waals surface area contributed by atoms with Crippen LogP contribution in [0.5, 0.6) is 0 Å². The minimum Gasteiger partial charge on any atom is -0.394 e. The zero-order valence-corrected chi connectivity index (χ0v) is 24.9. The van der Waals surface area contributed by atoms with Crippen molar-refractivity contribution < 1.29 is 43.4 Å². The molecule has 0 amide bonds. The van der Waals surface area contributed by atoms with Crippen LogP contribution < -0.4 is 0 Å². The summed E-state index contributed by atoms with van der Waals surface area (Å²) in [7, 11) is 0. The first-order chi connectivity index (χ1) is 16.8. The second kappa shape index (κ2) is 23.7. The van der Waals surface area contributed by atoms with Crippen molar-refractivity contribution >= 4 is 0 Å². The van der Waals surface area contributed by atoms with E-state index in [0.29, 0.717) is 33.0 Å². The lowest BCUT2D eigenvalue weighted by atomic mass is 10.3. The Balaban J connectivity index is 0.